The predicted molar refractivity (Wildman–Crippen MR) is 95.8 cm³/mol. The topological polar surface area (TPSA) is 64.7 Å². The van der Waals surface area contributed by atoms with Gasteiger partial charge in [-0.25, -0.2) is 4.79 Å². The molecule has 2 fully saturated rings. The van der Waals surface area contributed by atoms with Crippen LogP contribution in [0.25, 0.3) is 0 Å². The Morgan fingerprint density at radius 1 is 1.17 bits per heavy atom. The summed E-state index contributed by atoms with van der Waals surface area (Å²) in [6.07, 6.45) is 5.00. The minimum Gasteiger partial charge on any atom is -0.359 e. The molecule has 0 radical (unpaired) electrons. The van der Waals surface area contributed by atoms with Gasteiger partial charge in [-0.1, -0.05) is 6.92 Å². The van der Waals surface area contributed by atoms with E-state index in [4.69, 9.17) is 0 Å². The molecule has 0 saturated carbocycles. The van der Waals surface area contributed by atoms with Crippen LogP contribution in [0.2, 0.25) is 0 Å². The molecule has 2 aliphatic rings. The predicted octanol–water partition coefficient (Wildman–Crippen LogP) is 1.66. The zero-order chi connectivity index (χ0) is 17.5. The number of rotatable bonds is 5. The highest BCUT2D eigenvalue weighted by atomic mass is 16.2. The number of piperidine rings is 2. The van der Waals surface area contributed by atoms with Crippen LogP contribution in [0.1, 0.15) is 46.0 Å². The van der Waals surface area contributed by atoms with Gasteiger partial charge in [0, 0.05) is 45.7 Å². The Labute approximate surface area is 146 Å². The zero-order valence-electron chi connectivity index (χ0n) is 15.5. The van der Waals surface area contributed by atoms with Gasteiger partial charge in [0.2, 0.25) is 5.91 Å². The molecule has 0 unspecified atom stereocenters. The fourth-order valence-electron chi connectivity index (χ4n) is 3.81. The van der Waals surface area contributed by atoms with Gasteiger partial charge in [-0.3, -0.25) is 9.69 Å². The highest BCUT2D eigenvalue weighted by Crippen LogP contribution is 2.20. The van der Waals surface area contributed by atoms with Gasteiger partial charge in [0.05, 0.1) is 0 Å². The fourth-order valence-corrected chi connectivity index (χ4v) is 3.81. The summed E-state index contributed by atoms with van der Waals surface area (Å²) in [5, 5.41) is 5.77. The van der Waals surface area contributed by atoms with Crippen LogP contribution in [0.3, 0.4) is 0 Å². The SMILES string of the molecule is CNC(=O)CC1CCN(C(=O)NC[C@H](C)N2CCC[C@@H](C)C2)CC1. The summed E-state index contributed by atoms with van der Waals surface area (Å²) in [6, 6.07) is 0.438. The van der Waals surface area contributed by atoms with Crippen molar-refractivity contribution in [1.82, 2.24) is 20.4 Å². The molecule has 3 amide bonds. The van der Waals surface area contributed by atoms with Crippen molar-refractivity contribution in [1.29, 1.82) is 0 Å². The number of nitrogens with one attached hydrogen (secondary N) is 2. The van der Waals surface area contributed by atoms with Crippen molar-refractivity contribution in [3.05, 3.63) is 0 Å². The van der Waals surface area contributed by atoms with Gasteiger partial charge in [0.15, 0.2) is 0 Å². The Bertz CT molecular complexity index is 421. The van der Waals surface area contributed by atoms with Crippen molar-refractivity contribution in [2.45, 2.75) is 52.0 Å². The smallest absolute Gasteiger partial charge is 0.317 e. The molecule has 2 N–H and O–H groups in total. The third-order valence-corrected chi connectivity index (χ3v) is 5.52. The lowest BCUT2D eigenvalue weighted by Gasteiger charge is -2.36. The monoisotopic (exact) mass is 338 g/mol. The van der Waals surface area contributed by atoms with Crippen LogP contribution in [0.5, 0.6) is 0 Å². The van der Waals surface area contributed by atoms with Gasteiger partial charge in [0.1, 0.15) is 0 Å². The lowest BCUT2D eigenvalue weighted by Crippen LogP contribution is -2.50. The first kappa shape index (κ1) is 19.0. The maximum Gasteiger partial charge on any atom is 0.317 e. The summed E-state index contributed by atoms with van der Waals surface area (Å²) in [5.41, 5.74) is 0. The van der Waals surface area contributed by atoms with Gasteiger partial charge < -0.3 is 15.5 Å². The van der Waals surface area contributed by atoms with E-state index in [9.17, 15) is 9.59 Å². The molecule has 6 heteroatoms. The van der Waals surface area contributed by atoms with Crippen LogP contribution in [0.15, 0.2) is 0 Å². The third-order valence-electron chi connectivity index (χ3n) is 5.52. The van der Waals surface area contributed by atoms with Crippen molar-refractivity contribution >= 4 is 11.9 Å². The van der Waals surface area contributed by atoms with E-state index in [1.807, 2.05) is 4.90 Å². The first-order valence-electron chi connectivity index (χ1n) is 9.47. The molecule has 0 aromatic heterocycles. The highest BCUT2D eigenvalue weighted by Gasteiger charge is 2.25. The Morgan fingerprint density at radius 3 is 2.50 bits per heavy atom. The highest BCUT2D eigenvalue weighted by molar-refractivity contribution is 5.76. The van der Waals surface area contributed by atoms with E-state index in [1.165, 1.54) is 12.8 Å². The summed E-state index contributed by atoms with van der Waals surface area (Å²) in [7, 11) is 1.68. The van der Waals surface area contributed by atoms with Gasteiger partial charge in [-0.15, -0.1) is 0 Å². The Morgan fingerprint density at radius 2 is 1.88 bits per heavy atom. The molecule has 0 aromatic carbocycles. The minimum atomic E-state index is 0.0466. The van der Waals surface area contributed by atoms with Crippen molar-refractivity contribution in [2.75, 3.05) is 39.8 Å². The molecular formula is C18H34N4O2. The maximum absolute atomic E-state index is 12.4. The van der Waals surface area contributed by atoms with Crippen LogP contribution in [-0.2, 0) is 4.79 Å². The van der Waals surface area contributed by atoms with E-state index >= 15 is 0 Å². The normalized spacial score (nSPS) is 24.5. The largest absolute Gasteiger partial charge is 0.359 e. The van der Waals surface area contributed by atoms with Crippen molar-refractivity contribution in [2.24, 2.45) is 11.8 Å². The molecule has 2 aliphatic heterocycles. The number of urea groups is 1. The second-order valence-electron chi connectivity index (χ2n) is 7.59. The molecule has 2 atom stereocenters. The van der Waals surface area contributed by atoms with Crippen molar-refractivity contribution in [3.8, 4) is 0 Å². The summed E-state index contributed by atoms with van der Waals surface area (Å²) >= 11 is 0. The Hall–Kier alpha value is -1.30. The van der Waals surface area contributed by atoms with Crippen LogP contribution in [-0.4, -0.2) is 67.6 Å². The molecular weight excluding hydrogens is 304 g/mol. The lowest BCUT2D eigenvalue weighted by molar-refractivity contribution is -0.121. The molecule has 2 heterocycles. The van der Waals surface area contributed by atoms with Gasteiger partial charge >= 0.3 is 6.03 Å². The number of amides is 3. The average molecular weight is 338 g/mol. The summed E-state index contributed by atoms with van der Waals surface area (Å²) in [4.78, 5) is 28.2. The first-order chi connectivity index (χ1) is 11.5. The van der Waals surface area contributed by atoms with Crippen LogP contribution >= 0.6 is 0 Å². The van der Waals surface area contributed by atoms with E-state index < -0.39 is 0 Å². The summed E-state index contributed by atoms with van der Waals surface area (Å²) in [6.45, 7) is 9.01. The van der Waals surface area contributed by atoms with E-state index in [1.54, 1.807) is 7.05 Å². The van der Waals surface area contributed by atoms with Crippen LogP contribution in [0.4, 0.5) is 4.79 Å². The minimum absolute atomic E-state index is 0.0466. The van der Waals surface area contributed by atoms with E-state index in [0.717, 1.165) is 44.9 Å². The lowest BCUT2D eigenvalue weighted by atomic mass is 9.93. The van der Waals surface area contributed by atoms with E-state index in [0.29, 0.717) is 24.9 Å². The average Bonchev–Trinajstić information content (AvgIpc) is 2.59. The second kappa shape index (κ2) is 9.25. The van der Waals surface area contributed by atoms with Crippen LogP contribution in [0, 0.1) is 11.8 Å². The van der Waals surface area contributed by atoms with Crippen molar-refractivity contribution in [3.63, 3.8) is 0 Å². The number of carbonyl (C=O) groups is 2. The van der Waals surface area contributed by atoms with E-state index in [2.05, 4.69) is 29.4 Å². The number of likely N-dealkylation sites (tertiary alicyclic amines) is 2. The quantitative estimate of drug-likeness (QED) is 0.801. The zero-order valence-corrected chi connectivity index (χ0v) is 15.5. The summed E-state index contributed by atoms with van der Waals surface area (Å²) < 4.78 is 0. The molecule has 2 saturated heterocycles. The Balaban J connectivity index is 1.67. The second-order valence-corrected chi connectivity index (χ2v) is 7.59. The number of hydrogen-bond donors (Lipinski definition) is 2. The number of carbonyl (C=O) groups excluding carboxylic acids is 2. The van der Waals surface area contributed by atoms with Crippen LogP contribution < -0.4 is 10.6 Å². The molecule has 6 nitrogen and oxygen atoms in total. The molecule has 0 spiro atoms. The van der Waals surface area contributed by atoms with Gasteiger partial charge in [-0.2, -0.15) is 0 Å². The summed E-state index contributed by atoms with van der Waals surface area (Å²) in [5.74, 6) is 1.27. The number of hydrogen-bond acceptors (Lipinski definition) is 3. The molecule has 0 aromatic rings. The first-order valence-corrected chi connectivity index (χ1v) is 9.47. The number of nitrogens with zero attached hydrogens (tertiary/aromatic N) is 2. The molecule has 24 heavy (non-hydrogen) atoms. The molecule has 138 valence electrons. The molecule has 0 aliphatic carbocycles. The molecule has 2 rings (SSSR count). The molecule has 0 bridgehead atoms. The van der Waals surface area contributed by atoms with Gasteiger partial charge in [0.25, 0.3) is 0 Å². The van der Waals surface area contributed by atoms with Gasteiger partial charge in [-0.05, 0) is 51.0 Å². The fraction of sp³-hybridized carbons (Fsp3) is 0.889. The Kier molecular flexibility index (Phi) is 7.34. The third kappa shape index (κ3) is 5.65. The van der Waals surface area contributed by atoms with Crippen molar-refractivity contribution < 1.29 is 9.59 Å². The standard InChI is InChI=1S/C18H34N4O2/c1-14-5-4-8-22(13-14)15(2)12-20-18(24)21-9-6-16(7-10-21)11-17(23)19-3/h14-16H,4-13H2,1-3H3,(H,19,23)(H,20,24)/t14-,15+/m1/s1. The maximum atomic E-state index is 12.4. The van der Waals surface area contributed by atoms with E-state index in [-0.39, 0.29) is 11.9 Å².